The zero-order valence-corrected chi connectivity index (χ0v) is 30.1. The van der Waals surface area contributed by atoms with Crippen LogP contribution < -0.4 is 5.32 Å². The maximum Gasteiger partial charge on any atom is 0.305 e. The fourth-order valence-electron chi connectivity index (χ4n) is 6.87. The van der Waals surface area contributed by atoms with Crippen LogP contribution in [0.3, 0.4) is 0 Å². The summed E-state index contributed by atoms with van der Waals surface area (Å²) in [6, 6.07) is 8.22. The van der Waals surface area contributed by atoms with E-state index in [9.17, 15) is 9.59 Å². The molecule has 6 heterocycles. The Kier molecular flexibility index (Phi) is 10.3. The molecule has 4 aromatic rings. The first-order valence-corrected chi connectivity index (χ1v) is 17.3. The number of aryl methyl sites for hydroxylation is 3. The number of hydrogen-bond acceptors (Lipinski definition) is 6. The van der Waals surface area contributed by atoms with E-state index < -0.39 is 0 Å². The van der Waals surface area contributed by atoms with Gasteiger partial charge in [0, 0.05) is 71.5 Å². The van der Waals surface area contributed by atoms with Gasteiger partial charge in [0.2, 0.25) is 5.91 Å². The fourth-order valence-corrected chi connectivity index (χ4v) is 6.87. The van der Waals surface area contributed by atoms with E-state index in [2.05, 4.69) is 72.4 Å². The largest absolute Gasteiger partial charge is 0.469 e. The zero-order chi connectivity index (χ0) is 36.2. The summed E-state index contributed by atoms with van der Waals surface area (Å²) >= 11 is 0. The third kappa shape index (κ3) is 7.26. The molecule has 3 N–H and O–H groups in total. The van der Waals surface area contributed by atoms with E-state index in [1.165, 1.54) is 7.11 Å². The summed E-state index contributed by atoms with van der Waals surface area (Å²) in [6.45, 7) is 17.8. The lowest BCUT2D eigenvalue weighted by Crippen LogP contribution is -2.24. The number of imidazole rings is 1. The molecule has 6 rings (SSSR count). The number of aromatic nitrogens is 6. The normalized spacial score (nSPS) is 12.7. The molecule has 2 aliphatic rings. The molecule has 0 spiro atoms. The molecule has 1 amide bonds. The van der Waals surface area contributed by atoms with Crippen LogP contribution in [0.15, 0.2) is 56.1 Å². The summed E-state index contributed by atoms with van der Waals surface area (Å²) in [5.74, 6) is -0.293. The van der Waals surface area contributed by atoms with E-state index in [1.54, 1.807) is 12.5 Å². The molecule has 51 heavy (non-hydrogen) atoms. The van der Waals surface area contributed by atoms with Crippen molar-refractivity contribution in [2.75, 3.05) is 13.7 Å². The van der Waals surface area contributed by atoms with Crippen molar-refractivity contribution >= 4 is 68.4 Å². The van der Waals surface area contributed by atoms with Crippen molar-refractivity contribution in [3.63, 3.8) is 0 Å². The van der Waals surface area contributed by atoms with Crippen molar-refractivity contribution in [2.24, 2.45) is 0 Å². The molecule has 10 heteroatoms. The molecule has 0 aliphatic carbocycles. The molecular formula is C41H45N7O3. The summed E-state index contributed by atoms with van der Waals surface area (Å²) < 4.78 is 6.98. The number of carbonyl (C=O) groups is 2. The van der Waals surface area contributed by atoms with E-state index in [1.807, 2.05) is 35.9 Å². The molecule has 0 radical (unpaired) electrons. The van der Waals surface area contributed by atoms with Crippen molar-refractivity contribution in [1.29, 1.82) is 0 Å². The third-order valence-electron chi connectivity index (χ3n) is 9.92. The van der Waals surface area contributed by atoms with Gasteiger partial charge in [-0.15, -0.1) is 0 Å². The van der Waals surface area contributed by atoms with Gasteiger partial charge < -0.3 is 24.6 Å². The Morgan fingerprint density at radius 3 is 1.94 bits per heavy atom. The van der Waals surface area contributed by atoms with Crippen molar-refractivity contribution in [2.45, 2.75) is 66.3 Å². The Morgan fingerprint density at radius 2 is 1.37 bits per heavy atom. The highest BCUT2D eigenvalue weighted by Crippen LogP contribution is 2.38. The molecule has 8 bridgehead atoms. The first kappa shape index (κ1) is 35.1. The number of H-pyrrole nitrogens is 2. The molecule has 10 nitrogen and oxygen atoms in total. The van der Waals surface area contributed by atoms with E-state index in [0.29, 0.717) is 25.8 Å². The Hall–Kier alpha value is -5.77. The first-order chi connectivity index (χ1) is 24.6. The fraction of sp³-hybridized carbons (Fsp3) is 0.293. The summed E-state index contributed by atoms with van der Waals surface area (Å²) in [5.41, 5.74) is 14.9. The number of aromatic amines is 2. The summed E-state index contributed by atoms with van der Waals surface area (Å²) in [7, 11) is 1.40. The van der Waals surface area contributed by atoms with Crippen LogP contribution in [0.4, 0.5) is 0 Å². The van der Waals surface area contributed by atoms with Gasteiger partial charge in [-0.3, -0.25) is 9.59 Å². The summed E-state index contributed by atoms with van der Waals surface area (Å²) in [4.78, 5) is 46.9. The smallest absolute Gasteiger partial charge is 0.305 e. The van der Waals surface area contributed by atoms with Gasteiger partial charge in [-0.25, -0.2) is 15.0 Å². The average molecular weight is 684 g/mol. The second-order valence-electron chi connectivity index (χ2n) is 13.0. The lowest BCUT2D eigenvalue weighted by Gasteiger charge is -2.08. The monoisotopic (exact) mass is 683 g/mol. The highest BCUT2D eigenvalue weighted by Gasteiger charge is 2.23. The van der Waals surface area contributed by atoms with Gasteiger partial charge in [0.15, 0.2) is 0 Å². The summed E-state index contributed by atoms with van der Waals surface area (Å²) in [5, 5.41) is 3.07. The van der Waals surface area contributed by atoms with E-state index in [-0.39, 0.29) is 18.3 Å². The van der Waals surface area contributed by atoms with Gasteiger partial charge in [0.05, 0.1) is 36.2 Å². The van der Waals surface area contributed by atoms with Crippen molar-refractivity contribution < 1.29 is 14.3 Å². The number of esters is 1. The number of rotatable bonds is 12. The highest BCUT2D eigenvalue weighted by atomic mass is 16.5. The average Bonchev–Trinajstić information content (AvgIpc) is 3.92. The lowest BCUT2D eigenvalue weighted by molar-refractivity contribution is -0.140. The molecule has 262 valence electrons. The number of hydrogen-bond donors (Lipinski definition) is 3. The Morgan fingerprint density at radius 1 is 0.804 bits per heavy atom. The van der Waals surface area contributed by atoms with Crippen molar-refractivity contribution in [3.8, 4) is 0 Å². The van der Waals surface area contributed by atoms with Crippen LogP contribution in [0.2, 0.25) is 0 Å². The number of nitrogens with zero attached hydrogens (tertiary/aromatic N) is 4. The molecule has 0 saturated heterocycles. The van der Waals surface area contributed by atoms with E-state index >= 15 is 0 Å². The SMILES string of the molecule is C=Cc1c(C)c2cc3[nH]c(cc4nc(cc5nc(cc1[nH]2)C(C)=C5CCC(=O)NCCCn1ccnc1)C(CCC(=O)OC)=C4C)c(C)c3C=C. The quantitative estimate of drug-likeness (QED) is 0.102. The van der Waals surface area contributed by atoms with Crippen LogP contribution in [0.25, 0.3) is 56.5 Å². The van der Waals surface area contributed by atoms with Gasteiger partial charge in [0.25, 0.3) is 0 Å². The second-order valence-corrected chi connectivity index (χ2v) is 13.0. The van der Waals surface area contributed by atoms with Crippen LogP contribution >= 0.6 is 0 Å². The number of methoxy groups -OCH3 is 1. The van der Waals surface area contributed by atoms with Crippen molar-refractivity contribution in [3.05, 3.63) is 101 Å². The standard InChI is InChI=1S/C41H45N7O3/c1-8-28-24(3)32-19-33-27(6)31(12-14-41(50)51-7)39(46-33)22-38-30(11-13-40(49)43-15-10-17-48-18-16-42-23-48)26(5)35(47-38)21-37-29(9-2)25(4)34(45-37)20-36(28)44-32/h8-9,16,18-23,44-45H,1-2,10-15,17H2,3-7H3,(H,43,49). The predicted molar refractivity (Wildman–Crippen MR) is 206 cm³/mol. The van der Waals surface area contributed by atoms with Crippen LogP contribution in [0.5, 0.6) is 0 Å². The van der Waals surface area contributed by atoms with Crippen molar-refractivity contribution in [1.82, 2.24) is 34.8 Å². The minimum Gasteiger partial charge on any atom is -0.469 e. The van der Waals surface area contributed by atoms with Crippen LogP contribution in [-0.2, 0) is 20.9 Å². The zero-order valence-electron chi connectivity index (χ0n) is 30.1. The topological polar surface area (TPSA) is 131 Å². The van der Waals surface area contributed by atoms with Crippen LogP contribution in [0, 0.1) is 13.8 Å². The number of carbonyl (C=O) groups excluding carboxylic acids is 2. The highest BCUT2D eigenvalue weighted by molar-refractivity contribution is 5.97. The number of allylic oxidation sites excluding steroid dienone is 4. The minimum atomic E-state index is -0.282. The minimum absolute atomic E-state index is 0.0115. The van der Waals surface area contributed by atoms with Gasteiger partial charge in [-0.05, 0) is 105 Å². The lowest BCUT2D eigenvalue weighted by atomic mass is 9.98. The molecule has 0 fully saturated rings. The second kappa shape index (κ2) is 15.0. The molecule has 0 unspecified atom stereocenters. The van der Waals surface area contributed by atoms with Gasteiger partial charge in [-0.2, -0.15) is 0 Å². The Bertz CT molecular complexity index is 2260. The first-order valence-electron chi connectivity index (χ1n) is 17.3. The number of fused-ring (bicyclic) bond motifs is 8. The Labute approximate surface area is 298 Å². The van der Waals surface area contributed by atoms with E-state index in [0.717, 1.165) is 102 Å². The van der Waals surface area contributed by atoms with Gasteiger partial charge in [-0.1, -0.05) is 25.3 Å². The molecule has 0 atom stereocenters. The Balaban J connectivity index is 1.49. The van der Waals surface area contributed by atoms with Crippen LogP contribution in [-0.4, -0.2) is 55.0 Å². The predicted octanol–water partition coefficient (Wildman–Crippen LogP) is 8.22. The molecular weight excluding hydrogens is 638 g/mol. The van der Waals surface area contributed by atoms with Gasteiger partial charge >= 0.3 is 5.97 Å². The maximum absolute atomic E-state index is 13.0. The number of ether oxygens (including phenoxy) is 1. The molecule has 4 aromatic heterocycles. The van der Waals surface area contributed by atoms with Crippen LogP contribution in [0.1, 0.15) is 91.0 Å². The molecule has 0 saturated carbocycles. The third-order valence-corrected chi connectivity index (χ3v) is 9.92. The maximum atomic E-state index is 13.0. The van der Waals surface area contributed by atoms with E-state index in [4.69, 9.17) is 14.7 Å². The molecule has 0 aromatic carbocycles. The number of nitrogens with one attached hydrogen (secondary N) is 3. The number of amides is 1. The summed E-state index contributed by atoms with van der Waals surface area (Å²) in [6.07, 6.45) is 11.5. The molecule has 2 aliphatic heterocycles. The van der Waals surface area contributed by atoms with Gasteiger partial charge in [0.1, 0.15) is 0 Å².